The second kappa shape index (κ2) is 11.5. The van der Waals surface area contributed by atoms with E-state index in [1.807, 2.05) is 6.92 Å². The number of allylic oxidation sites excluding steroid dienone is 2. The minimum atomic E-state index is -1.55. The number of fused-ring (bicyclic) bond motifs is 1. The summed E-state index contributed by atoms with van der Waals surface area (Å²) >= 11 is 0. The molecule has 2 aromatic rings. The average Bonchev–Trinajstić information content (AvgIpc) is 3.81. The van der Waals surface area contributed by atoms with Gasteiger partial charge in [0, 0.05) is 35.5 Å². The van der Waals surface area contributed by atoms with Crippen molar-refractivity contribution in [3.63, 3.8) is 0 Å². The number of ether oxygens (including phenoxy) is 2. The van der Waals surface area contributed by atoms with Gasteiger partial charge in [0.15, 0.2) is 5.75 Å². The number of benzene rings is 1. The van der Waals surface area contributed by atoms with Crippen LogP contribution in [0.25, 0.3) is 11.3 Å². The minimum absolute atomic E-state index is 0.137. The SMILES string of the molecule is CN/C=C1/C=C(C(=O)NC[C@](O)(c2cc3c(c(-c4ccc(F)cc4)n2)OC[C@]3(C)N(N)/C=N\N)C2CC2)C=C(OC)C1=N. The van der Waals surface area contributed by atoms with Crippen LogP contribution >= 0.6 is 0 Å². The van der Waals surface area contributed by atoms with E-state index in [-0.39, 0.29) is 36.1 Å². The van der Waals surface area contributed by atoms with E-state index in [2.05, 4.69) is 15.7 Å². The number of amides is 1. The Labute approximate surface area is 248 Å². The zero-order valence-electron chi connectivity index (χ0n) is 24.1. The maximum atomic E-state index is 13.8. The van der Waals surface area contributed by atoms with Crippen LogP contribution in [0.4, 0.5) is 4.39 Å². The fourth-order valence-corrected chi connectivity index (χ4v) is 5.33. The number of halogens is 1. The molecule has 13 heteroatoms. The number of carbonyl (C=O) groups is 1. The van der Waals surface area contributed by atoms with Crippen LogP contribution in [0, 0.1) is 17.1 Å². The molecule has 5 rings (SSSR count). The Balaban J connectivity index is 1.55. The first kappa shape index (κ1) is 29.7. The van der Waals surface area contributed by atoms with Crippen LogP contribution in [-0.2, 0) is 20.7 Å². The third-order valence-electron chi connectivity index (χ3n) is 8.06. The number of nitrogens with zero attached hydrogens (tertiary/aromatic N) is 3. The average molecular weight is 591 g/mol. The molecule has 2 atom stereocenters. The Morgan fingerprint density at radius 1 is 1.37 bits per heavy atom. The number of nitrogens with two attached hydrogens (primary N) is 2. The molecule has 1 aromatic heterocycles. The summed E-state index contributed by atoms with van der Waals surface area (Å²) < 4.78 is 25.2. The quantitative estimate of drug-likeness (QED) is 0.104. The number of aliphatic hydroxyl groups is 1. The number of hydrogen-bond donors (Lipinski definition) is 6. The first-order chi connectivity index (χ1) is 20.5. The molecular formula is C30H35FN8O4. The summed E-state index contributed by atoms with van der Waals surface area (Å²) in [6.07, 6.45) is 7.40. The molecule has 1 aromatic carbocycles. The summed E-state index contributed by atoms with van der Waals surface area (Å²) in [5.41, 5.74) is 0.330. The highest BCUT2D eigenvalue weighted by atomic mass is 19.1. The molecule has 2 aliphatic carbocycles. The van der Waals surface area contributed by atoms with Crippen LogP contribution in [0.5, 0.6) is 5.75 Å². The number of aromatic nitrogens is 1. The van der Waals surface area contributed by atoms with Crippen LogP contribution in [0.1, 0.15) is 31.0 Å². The lowest BCUT2D eigenvalue weighted by atomic mass is 9.86. The molecule has 0 spiro atoms. The summed E-state index contributed by atoms with van der Waals surface area (Å²) in [5, 5.41) is 31.1. The molecule has 0 saturated heterocycles. The van der Waals surface area contributed by atoms with Gasteiger partial charge in [-0.15, -0.1) is 0 Å². The summed E-state index contributed by atoms with van der Waals surface area (Å²) in [7, 11) is 3.13. The molecule has 2 heterocycles. The molecule has 1 amide bonds. The smallest absolute Gasteiger partial charge is 0.251 e. The van der Waals surface area contributed by atoms with Gasteiger partial charge in [0.2, 0.25) is 0 Å². The molecule has 12 nitrogen and oxygen atoms in total. The molecule has 3 aliphatic rings. The molecule has 1 fully saturated rings. The van der Waals surface area contributed by atoms with Gasteiger partial charge in [0.05, 0.1) is 19.3 Å². The van der Waals surface area contributed by atoms with Crippen molar-refractivity contribution in [1.82, 2.24) is 20.6 Å². The number of rotatable bonds is 10. The summed E-state index contributed by atoms with van der Waals surface area (Å²) in [6.45, 7) is 1.84. The third-order valence-corrected chi connectivity index (χ3v) is 8.06. The highest BCUT2D eigenvalue weighted by Crippen LogP contribution is 2.50. The van der Waals surface area contributed by atoms with E-state index >= 15 is 0 Å². The van der Waals surface area contributed by atoms with E-state index < -0.39 is 22.9 Å². The van der Waals surface area contributed by atoms with Crippen molar-refractivity contribution in [3.8, 4) is 17.0 Å². The molecule has 0 radical (unpaired) electrons. The standard InChI is InChI=1S/C30H35FN8O4/c1-29(39(34)16-37-33)15-43-27-22(29)12-24(38-26(27)17-4-8-21(31)9-5-17)30(41,20-6-7-20)14-36-28(40)18-10-19(13-35-2)25(32)23(11-18)42-3/h4-5,8-13,16,20,32,35,41H,6-7,14-15,33-34H2,1-3H3,(H,36,40)/b19-13-,32-25?,37-16-/t29-,30+/m0/s1. The topological polar surface area (TPSA) is 184 Å². The molecule has 1 saturated carbocycles. The Morgan fingerprint density at radius 3 is 2.72 bits per heavy atom. The summed E-state index contributed by atoms with van der Waals surface area (Å²) in [4.78, 5) is 18.2. The Bertz CT molecular complexity index is 1570. The normalized spacial score (nSPS) is 21.9. The number of nitrogens with one attached hydrogen (secondary N) is 3. The Kier molecular flexibility index (Phi) is 7.95. The van der Waals surface area contributed by atoms with Crippen LogP contribution in [0.15, 0.2) is 70.7 Å². The lowest BCUT2D eigenvalue weighted by Crippen LogP contribution is -2.49. The summed E-state index contributed by atoms with van der Waals surface area (Å²) in [5.74, 6) is 11.3. The zero-order valence-corrected chi connectivity index (χ0v) is 24.1. The van der Waals surface area contributed by atoms with E-state index in [1.165, 1.54) is 36.7 Å². The largest absolute Gasteiger partial charge is 0.494 e. The van der Waals surface area contributed by atoms with Gasteiger partial charge in [-0.25, -0.2) is 15.2 Å². The highest BCUT2D eigenvalue weighted by molar-refractivity contribution is 6.15. The van der Waals surface area contributed by atoms with E-state index in [0.29, 0.717) is 33.8 Å². The van der Waals surface area contributed by atoms with Crippen molar-refractivity contribution in [2.75, 3.05) is 27.3 Å². The number of hydrazone groups is 1. The lowest BCUT2D eigenvalue weighted by Gasteiger charge is -2.33. The van der Waals surface area contributed by atoms with Crippen LogP contribution < -0.4 is 27.1 Å². The van der Waals surface area contributed by atoms with Crippen molar-refractivity contribution >= 4 is 18.0 Å². The molecule has 226 valence electrons. The number of hydrogen-bond acceptors (Lipinski definition) is 10. The van der Waals surface area contributed by atoms with Gasteiger partial charge in [-0.05, 0) is 68.2 Å². The predicted molar refractivity (Wildman–Crippen MR) is 159 cm³/mol. The van der Waals surface area contributed by atoms with Gasteiger partial charge in [0.1, 0.15) is 47.1 Å². The number of pyridine rings is 1. The van der Waals surface area contributed by atoms with E-state index in [0.717, 1.165) is 12.8 Å². The summed E-state index contributed by atoms with van der Waals surface area (Å²) in [6, 6.07) is 7.56. The van der Waals surface area contributed by atoms with Crippen molar-refractivity contribution in [2.45, 2.75) is 30.9 Å². The Morgan fingerprint density at radius 2 is 2.09 bits per heavy atom. The fraction of sp³-hybridized carbons (Fsp3) is 0.333. The lowest BCUT2D eigenvalue weighted by molar-refractivity contribution is -0.118. The molecule has 1 aliphatic heterocycles. The van der Waals surface area contributed by atoms with E-state index in [9.17, 15) is 14.3 Å². The molecule has 0 bridgehead atoms. The zero-order chi connectivity index (χ0) is 30.9. The molecule has 43 heavy (non-hydrogen) atoms. The Hall–Kier alpha value is -4.75. The minimum Gasteiger partial charge on any atom is -0.494 e. The fourth-order valence-electron chi connectivity index (χ4n) is 5.33. The van der Waals surface area contributed by atoms with Gasteiger partial charge in [-0.1, -0.05) is 0 Å². The van der Waals surface area contributed by atoms with E-state index in [4.69, 9.17) is 31.6 Å². The molecular weight excluding hydrogens is 555 g/mol. The third kappa shape index (κ3) is 5.44. The van der Waals surface area contributed by atoms with E-state index in [1.54, 1.807) is 37.5 Å². The van der Waals surface area contributed by atoms with Gasteiger partial charge in [0.25, 0.3) is 5.91 Å². The van der Waals surface area contributed by atoms with Gasteiger partial charge in [-0.3, -0.25) is 15.2 Å². The van der Waals surface area contributed by atoms with Crippen LogP contribution in [0.2, 0.25) is 0 Å². The van der Waals surface area contributed by atoms with Crippen LogP contribution in [-0.4, -0.2) is 60.4 Å². The number of methoxy groups -OCH3 is 1. The predicted octanol–water partition coefficient (Wildman–Crippen LogP) is 1.88. The maximum Gasteiger partial charge on any atom is 0.251 e. The van der Waals surface area contributed by atoms with Gasteiger partial charge < -0.3 is 31.1 Å². The monoisotopic (exact) mass is 590 g/mol. The molecule has 8 N–H and O–H groups in total. The number of hydrazine groups is 1. The number of carbonyl (C=O) groups excluding carboxylic acids is 1. The molecule has 0 unspecified atom stereocenters. The van der Waals surface area contributed by atoms with Crippen molar-refractivity contribution < 1.29 is 23.8 Å². The van der Waals surface area contributed by atoms with Crippen LogP contribution in [0.3, 0.4) is 0 Å². The van der Waals surface area contributed by atoms with Crippen molar-refractivity contribution in [3.05, 3.63) is 82.7 Å². The highest BCUT2D eigenvalue weighted by Gasteiger charge is 2.49. The van der Waals surface area contributed by atoms with Crippen molar-refractivity contribution in [1.29, 1.82) is 5.41 Å². The first-order valence-corrected chi connectivity index (χ1v) is 13.7. The van der Waals surface area contributed by atoms with Gasteiger partial charge in [-0.2, -0.15) is 5.10 Å². The van der Waals surface area contributed by atoms with Gasteiger partial charge >= 0.3 is 0 Å². The second-order valence-corrected chi connectivity index (χ2v) is 10.9. The maximum absolute atomic E-state index is 13.8. The second-order valence-electron chi connectivity index (χ2n) is 10.9. The first-order valence-electron chi connectivity index (χ1n) is 13.7. The van der Waals surface area contributed by atoms with Crippen molar-refractivity contribution in [2.24, 2.45) is 22.7 Å².